The Bertz CT molecular complexity index is 3580. The maximum Gasteiger partial charge on any atom is 0.160 e. The van der Waals surface area contributed by atoms with E-state index in [1.165, 1.54) is 33.4 Å². The Labute approximate surface area is 365 Å². The van der Waals surface area contributed by atoms with E-state index in [9.17, 15) is 0 Å². The maximum atomic E-state index is 5.30. The van der Waals surface area contributed by atoms with Crippen molar-refractivity contribution in [1.29, 1.82) is 0 Å². The van der Waals surface area contributed by atoms with Gasteiger partial charge in [-0.15, -0.1) is 0 Å². The molecule has 63 heavy (non-hydrogen) atoms. The van der Waals surface area contributed by atoms with E-state index >= 15 is 0 Å². The first-order chi connectivity index (χ1) is 30.9. The first-order valence-electron chi connectivity index (χ1n) is 21.4. The van der Waals surface area contributed by atoms with Crippen LogP contribution in [0.1, 0.15) is 25.0 Å². The van der Waals surface area contributed by atoms with Crippen LogP contribution < -0.4 is 0 Å². The van der Waals surface area contributed by atoms with Crippen molar-refractivity contribution in [3.63, 3.8) is 0 Å². The van der Waals surface area contributed by atoms with Gasteiger partial charge >= 0.3 is 0 Å². The Morgan fingerprint density at radius 2 is 0.984 bits per heavy atom. The molecule has 4 heterocycles. The summed E-state index contributed by atoms with van der Waals surface area (Å²) in [6.07, 6.45) is 3.68. The summed E-state index contributed by atoms with van der Waals surface area (Å²) in [5.41, 5.74) is 19.4. The minimum atomic E-state index is -0.0557. The minimum absolute atomic E-state index is 0.0557. The van der Waals surface area contributed by atoms with Gasteiger partial charge in [0.25, 0.3) is 0 Å². The molecule has 11 aromatic rings. The number of benzene rings is 7. The van der Waals surface area contributed by atoms with Crippen LogP contribution >= 0.6 is 0 Å². The number of rotatable bonds is 6. The van der Waals surface area contributed by atoms with Crippen molar-refractivity contribution in [3.05, 3.63) is 212 Å². The predicted molar refractivity (Wildman–Crippen MR) is 258 cm³/mol. The number of para-hydroxylation sites is 1. The Hall–Kier alpha value is -8.15. The van der Waals surface area contributed by atoms with Crippen LogP contribution in [0.2, 0.25) is 0 Å². The highest BCUT2D eigenvalue weighted by Gasteiger charge is 2.35. The van der Waals surface area contributed by atoms with Crippen molar-refractivity contribution >= 4 is 32.7 Å². The monoisotopic (exact) mass is 805 g/mol. The fourth-order valence-electron chi connectivity index (χ4n) is 9.40. The molecule has 1 aliphatic carbocycles. The summed E-state index contributed by atoms with van der Waals surface area (Å²) < 4.78 is 0. The molecule has 0 saturated carbocycles. The fourth-order valence-corrected chi connectivity index (χ4v) is 9.40. The summed E-state index contributed by atoms with van der Waals surface area (Å²) in [5, 5.41) is 3.12. The third kappa shape index (κ3) is 6.28. The molecule has 7 aromatic carbocycles. The molecule has 0 radical (unpaired) electrons. The third-order valence-electron chi connectivity index (χ3n) is 12.8. The molecule has 0 unspecified atom stereocenters. The van der Waals surface area contributed by atoms with Crippen LogP contribution in [-0.4, -0.2) is 24.9 Å². The summed E-state index contributed by atoms with van der Waals surface area (Å²) in [6.45, 7) is 4.66. The highest BCUT2D eigenvalue weighted by molar-refractivity contribution is 6.04. The molecule has 0 bridgehead atoms. The molecule has 0 N–H and O–H groups in total. The average molecular weight is 806 g/mol. The van der Waals surface area contributed by atoms with Gasteiger partial charge in [0.2, 0.25) is 0 Å². The second-order valence-electron chi connectivity index (χ2n) is 16.9. The molecule has 0 atom stereocenters. The topological polar surface area (TPSA) is 64.5 Å². The smallest absolute Gasteiger partial charge is 0.160 e. The minimum Gasteiger partial charge on any atom is -0.264 e. The summed E-state index contributed by atoms with van der Waals surface area (Å²) in [4.78, 5) is 25.0. The summed E-state index contributed by atoms with van der Waals surface area (Å²) >= 11 is 0. The van der Waals surface area contributed by atoms with Gasteiger partial charge in [0, 0.05) is 56.2 Å². The number of pyridine rings is 3. The molecular formula is C58H39N5. The van der Waals surface area contributed by atoms with Crippen molar-refractivity contribution in [2.24, 2.45) is 0 Å². The highest BCUT2D eigenvalue weighted by atomic mass is 14.9. The van der Waals surface area contributed by atoms with Gasteiger partial charge in [-0.25, -0.2) is 19.9 Å². The zero-order chi connectivity index (χ0) is 42.1. The molecule has 12 rings (SSSR count). The van der Waals surface area contributed by atoms with Crippen LogP contribution in [0, 0.1) is 0 Å². The molecule has 5 nitrogen and oxygen atoms in total. The standard InChI is InChI=1S/C58H39N5/c1-58(2)49-14-5-3-12-46(49)47-29-26-43(34-50(47)58)42-9-7-10-44(33-42)52-31-28-40-23-22-39-27-30-51(60-55(39)56(40)61-52)37-18-24-41(25-19-37)57-62-53-15-6-4-13-48(53)54(63-57)38-20-16-36(17-21-38)45-11-8-32-59-35-45/h3-35H,1-2H3. The normalized spacial score (nSPS) is 12.7. The highest BCUT2D eigenvalue weighted by Crippen LogP contribution is 2.49. The van der Waals surface area contributed by atoms with E-state index in [2.05, 4.69) is 189 Å². The van der Waals surface area contributed by atoms with Crippen LogP contribution in [0.5, 0.6) is 0 Å². The van der Waals surface area contributed by atoms with Gasteiger partial charge in [-0.3, -0.25) is 4.98 Å². The van der Waals surface area contributed by atoms with E-state index in [-0.39, 0.29) is 5.41 Å². The van der Waals surface area contributed by atoms with E-state index in [4.69, 9.17) is 19.9 Å². The number of hydrogen-bond donors (Lipinski definition) is 0. The van der Waals surface area contributed by atoms with Crippen molar-refractivity contribution in [2.45, 2.75) is 19.3 Å². The van der Waals surface area contributed by atoms with Gasteiger partial charge < -0.3 is 0 Å². The summed E-state index contributed by atoms with van der Waals surface area (Å²) in [7, 11) is 0. The van der Waals surface area contributed by atoms with E-state index in [0.717, 1.165) is 83.2 Å². The first kappa shape index (κ1) is 36.7. The summed E-state index contributed by atoms with van der Waals surface area (Å²) in [5.74, 6) is 0.676. The molecule has 5 heteroatoms. The van der Waals surface area contributed by atoms with Crippen molar-refractivity contribution in [3.8, 4) is 78.5 Å². The van der Waals surface area contributed by atoms with Crippen LogP contribution in [0.3, 0.4) is 0 Å². The Balaban J connectivity index is 0.867. The Kier molecular flexibility index (Phi) is 8.44. The molecule has 0 fully saturated rings. The van der Waals surface area contributed by atoms with E-state index < -0.39 is 0 Å². The number of nitrogens with zero attached hydrogens (tertiary/aromatic N) is 5. The lowest BCUT2D eigenvalue weighted by atomic mass is 9.81. The van der Waals surface area contributed by atoms with Crippen LogP contribution in [0.15, 0.2) is 200 Å². The van der Waals surface area contributed by atoms with Crippen molar-refractivity contribution < 1.29 is 0 Å². The molecule has 1 aliphatic rings. The molecule has 0 amide bonds. The van der Waals surface area contributed by atoms with Gasteiger partial charge in [-0.2, -0.15) is 0 Å². The number of fused-ring (bicyclic) bond motifs is 7. The van der Waals surface area contributed by atoms with E-state index in [1.54, 1.807) is 6.20 Å². The second-order valence-corrected chi connectivity index (χ2v) is 16.9. The lowest BCUT2D eigenvalue weighted by molar-refractivity contribution is 0.660. The maximum absolute atomic E-state index is 5.30. The Morgan fingerprint density at radius 1 is 0.381 bits per heavy atom. The lowest BCUT2D eigenvalue weighted by Gasteiger charge is -2.22. The predicted octanol–water partition coefficient (Wildman–Crippen LogP) is 14.4. The molecule has 296 valence electrons. The zero-order valence-electron chi connectivity index (χ0n) is 34.8. The summed E-state index contributed by atoms with van der Waals surface area (Å²) in [6, 6.07) is 66.4. The van der Waals surface area contributed by atoms with E-state index in [0.29, 0.717) is 5.82 Å². The lowest BCUT2D eigenvalue weighted by Crippen LogP contribution is -2.14. The average Bonchev–Trinajstić information content (AvgIpc) is 3.58. The second kappa shape index (κ2) is 14.5. The third-order valence-corrected chi connectivity index (χ3v) is 12.8. The van der Waals surface area contributed by atoms with Gasteiger partial charge in [-0.1, -0.05) is 166 Å². The SMILES string of the molecule is CC1(C)c2ccccc2-c2ccc(-c3cccc(-c4ccc5ccc6ccc(-c7ccc(-c8nc(-c9ccc(-c%10cccnc%10)cc9)c9ccccc9n8)cc7)nc6c5n4)c3)cc21. The number of hydrogen-bond acceptors (Lipinski definition) is 5. The molecular weight excluding hydrogens is 767 g/mol. The van der Waals surface area contributed by atoms with Crippen LogP contribution in [0.4, 0.5) is 0 Å². The molecule has 0 aliphatic heterocycles. The molecule has 0 spiro atoms. The van der Waals surface area contributed by atoms with Crippen LogP contribution in [0.25, 0.3) is 111 Å². The number of aromatic nitrogens is 5. The van der Waals surface area contributed by atoms with Gasteiger partial charge in [0.1, 0.15) is 0 Å². The Morgan fingerprint density at radius 3 is 1.76 bits per heavy atom. The van der Waals surface area contributed by atoms with Gasteiger partial charge in [0.05, 0.1) is 33.6 Å². The van der Waals surface area contributed by atoms with Crippen molar-refractivity contribution in [2.75, 3.05) is 0 Å². The molecule has 4 aromatic heterocycles. The largest absolute Gasteiger partial charge is 0.264 e. The quantitative estimate of drug-likeness (QED) is 0.157. The molecule has 0 saturated heterocycles. The van der Waals surface area contributed by atoms with Gasteiger partial charge in [-0.05, 0) is 80.9 Å². The fraction of sp³-hybridized carbons (Fsp3) is 0.0517. The van der Waals surface area contributed by atoms with Gasteiger partial charge in [0.15, 0.2) is 5.82 Å². The van der Waals surface area contributed by atoms with E-state index in [1.807, 2.05) is 24.4 Å². The first-order valence-corrected chi connectivity index (χ1v) is 21.4. The van der Waals surface area contributed by atoms with Crippen LogP contribution in [-0.2, 0) is 5.41 Å². The zero-order valence-corrected chi connectivity index (χ0v) is 34.8. The van der Waals surface area contributed by atoms with Crippen molar-refractivity contribution in [1.82, 2.24) is 24.9 Å².